The average Bonchev–Trinajstić information content (AvgIpc) is 2.96. The van der Waals surface area contributed by atoms with E-state index in [1.807, 2.05) is 30.3 Å². The van der Waals surface area contributed by atoms with Gasteiger partial charge in [-0.2, -0.15) is 0 Å². The molecule has 1 heterocycles. The minimum absolute atomic E-state index is 0.150. The molecule has 0 saturated carbocycles. The lowest BCUT2D eigenvalue weighted by Gasteiger charge is -2.10. The summed E-state index contributed by atoms with van der Waals surface area (Å²) in [5, 5.41) is 3.75. The van der Waals surface area contributed by atoms with E-state index in [4.69, 9.17) is 9.47 Å². The molecule has 1 atom stereocenters. The molecule has 118 valence electrons. The van der Waals surface area contributed by atoms with Gasteiger partial charge in [-0.25, -0.2) is 4.98 Å². The van der Waals surface area contributed by atoms with Gasteiger partial charge in [0.1, 0.15) is 11.1 Å². The summed E-state index contributed by atoms with van der Waals surface area (Å²) in [5.41, 5.74) is 1.94. The number of methoxy groups -OCH3 is 2. The molecule has 2 aromatic rings. The number of benzene rings is 1. The molecule has 0 radical (unpaired) electrons. The van der Waals surface area contributed by atoms with E-state index in [0.717, 1.165) is 21.1 Å². The number of hydrogen-bond acceptors (Lipinski definition) is 5. The first-order valence-electron chi connectivity index (χ1n) is 6.99. The SMILES string of the molecule is COCc1nc(CNC(=O)C(C)OC)c(-c2ccccc2)s1. The molecule has 0 aliphatic rings. The van der Waals surface area contributed by atoms with Gasteiger partial charge in [-0.1, -0.05) is 30.3 Å². The number of amides is 1. The number of thiazole rings is 1. The zero-order chi connectivity index (χ0) is 15.9. The first-order chi connectivity index (χ1) is 10.7. The van der Waals surface area contributed by atoms with Gasteiger partial charge in [-0.3, -0.25) is 4.79 Å². The molecule has 22 heavy (non-hydrogen) atoms. The summed E-state index contributed by atoms with van der Waals surface area (Å²) >= 11 is 1.58. The summed E-state index contributed by atoms with van der Waals surface area (Å²) in [6, 6.07) is 10.0. The summed E-state index contributed by atoms with van der Waals surface area (Å²) in [4.78, 5) is 17.5. The Labute approximate surface area is 134 Å². The van der Waals surface area contributed by atoms with E-state index < -0.39 is 6.10 Å². The summed E-state index contributed by atoms with van der Waals surface area (Å²) in [5.74, 6) is -0.150. The smallest absolute Gasteiger partial charge is 0.249 e. The van der Waals surface area contributed by atoms with Crippen LogP contribution in [-0.2, 0) is 27.4 Å². The van der Waals surface area contributed by atoms with E-state index in [0.29, 0.717) is 13.2 Å². The Bertz CT molecular complexity index is 613. The molecule has 0 spiro atoms. The number of nitrogens with one attached hydrogen (secondary N) is 1. The van der Waals surface area contributed by atoms with E-state index in [1.54, 1.807) is 25.4 Å². The molecule has 0 aliphatic carbocycles. The van der Waals surface area contributed by atoms with Crippen molar-refractivity contribution in [1.82, 2.24) is 10.3 Å². The second kappa shape index (κ2) is 8.03. The van der Waals surface area contributed by atoms with Crippen LogP contribution < -0.4 is 5.32 Å². The van der Waals surface area contributed by atoms with Crippen LogP contribution >= 0.6 is 11.3 Å². The van der Waals surface area contributed by atoms with Gasteiger partial charge in [0.25, 0.3) is 0 Å². The highest BCUT2D eigenvalue weighted by Crippen LogP contribution is 2.30. The highest BCUT2D eigenvalue weighted by Gasteiger charge is 2.16. The Kier molecular flexibility index (Phi) is 6.06. The van der Waals surface area contributed by atoms with Crippen LogP contribution in [0.3, 0.4) is 0 Å². The third-order valence-electron chi connectivity index (χ3n) is 3.20. The quantitative estimate of drug-likeness (QED) is 0.852. The Balaban J connectivity index is 2.20. The molecule has 0 aliphatic heterocycles. The number of rotatable bonds is 7. The van der Waals surface area contributed by atoms with Gasteiger partial charge >= 0.3 is 0 Å². The number of carbonyl (C=O) groups excluding carboxylic acids is 1. The molecule has 2 rings (SSSR count). The fourth-order valence-electron chi connectivity index (χ4n) is 1.94. The topological polar surface area (TPSA) is 60.5 Å². The van der Waals surface area contributed by atoms with Crippen molar-refractivity contribution in [3.05, 3.63) is 41.0 Å². The lowest BCUT2D eigenvalue weighted by molar-refractivity contribution is -0.130. The number of ether oxygens (including phenoxy) is 2. The van der Waals surface area contributed by atoms with E-state index in [1.165, 1.54) is 7.11 Å². The van der Waals surface area contributed by atoms with Crippen molar-refractivity contribution in [2.75, 3.05) is 14.2 Å². The second-order valence-electron chi connectivity index (χ2n) is 4.78. The zero-order valence-corrected chi connectivity index (χ0v) is 13.8. The Morgan fingerprint density at radius 2 is 2.05 bits per heavy atom. The molecule has 6 heteroatoms. The van der Waals surface area contributed by atoms with Crippen molar-refractivity contribution in [3.63, 3.8) is 0 Å². The Morgan fingerprint density at radius 3 is 2.68 bits per heavy atom. The number of carbonyl (C=O) groups is 1. The van der Waals surface area contributed by atoms with E-state index in [2.05, 4.69) is 10.3 Å². The van der Waals surface area contributed by atoms with Crippen molar-refractivity contribution in [2.45, 2.75) is 26.2 Å². The normalized spacial score (nSPS) is 12.1. The third kappa shape index (κ3) is 4.13. The number of hydrogen-bond donors (Lipinski definition) is 1. The van der Waals surface area contributed by atoms with Gasteiger partial charge in [0.2, 0.25) is 5.91 Å². The van der Waals surface area contributed by atoms with Gasteiger partial charge in [0, 0.05) is 14.2 Å². The van der Waals surface area contributed by atoms with Crippen LogP contribution in [0.1, 0.15) is 17.6 Å². The molecule has 5 nitrogen and oxygen atoms in total. The Hall–Kier alpha value is -1.76. The largest absolute Gasteiger partial charge is 0.378 e. The van der Waals surface area contributed by atoms with E-state index in [-0.39, 0.29) is 5.91 Å². The van der Waals surface area contributed by atoms with E-state index >= 15 is 0 Å². The van der Waals surface area contributed by atoms with Crippen LogP contribution in [0.25, 0.3) is 10.4 Å². The predicted octanol–water partition coefficient (Wildman–Crippen LogP) is 2.61. The minimum Gasteiger partial charge on any atom is -0.378 e. The van der Waals surface area contributed by atoms with Crippen LogP contribution in [-0.4, -0.2) is 31.2 Å². The summed E-state index contributed by atoms with van der Waals surface area (Å²) in [6.07, 6.45) is -0.475. The lowest BCUT2D eigenvalue weighted by Crippen LogP contribution is -2.33. The molecular formula is C16H20N2O3S. The molecule has 0 bridgehead atoms. The molecular weight excluding hydrogens is 300 g/mol. The van der Waals surface area contributed by atoms with Gasteiger partial charge < -0.3 is 14.8 Å². The van der Waals surface area contributed by atoms with Crippen LogP contribution in [0.15, 0.2) is 30.3 Å². The maximum absolute atomic E-state index is 11.8. The summed E-state index contributed by atoms with van der Waals surface area (Å²) in [6.45, 7) is 2.55. The lowest BCUT2D eigenvalue weighted by atomic mass is 10.1. The van der Waals surface area contributed by atoms with E-state index in [9.17, 15) is 4.79 Å². The monoisotopic (exact) mass is 320 g/mol. The van der Waals surface area contributed by atoms with Gasteiger partial charge in [-0.15, -0.1) is 11.3 Å². The molecule has 0 fully saturated rings. The van der Waals surface area contributed by atoms with Crippen molar-refractivity contribution < 1.29 is 14.3 Å². The molecule has 1 unspecified atom stereocenters. The average molecular weight is 320 g/mol. The van der Waals surface area contributed by atoms with Crippen LogP contribution in [0, 0.1) is 0 Å². The minimum atomic E-state index is -0.475. The maximum Gasteiger partial charge on any atom is 0.249 e. The second-order valence-corrected chi connectivity index (χ2v) is 5.86. The van der Waals surface area contributed by atoms with Crippen LogP contribution in [0.2, 0.25) is 0 Å². The molecule has 1 N–H and O–H groups in total. The molecule has 1 aromatic carbocycles. The van der Waals surface area contributed by atoms with Crippen LogP contribution in [0.5, 0.6) is 0 Å². The summed E-state index contributed by atoms with van der Waals surface area (Å²) in [7, 11) is 3.16. The Morgan fingerprint density at radius 1 is 1.32 bits per heavy atom. The van der Waals surface area contributed by atoms with Crippen molar-refractivity contribution in [1.29, 1.82) is 0 Å². The zero-order valence-electron chi connectivity index (χ0n) is 13.0. The molecule has 1 aromatic heterocycles. The predicted molar refractivity (Wildman–Crippen MR) is 86.6 cm³/mol. The van der Waals surface area contributed by atoms with Gasteiger partial charge in [0.05, 0.1) is 23.7 Å². The first-order valence-corrected chi connectivity index (χ1v) is 7.80. The standard InChI is InChI=1S/C16H20N2O3S/c1-11(21-3)16(19)17-9-13-15(12-7-5-4-6-8-12)22-14(18-13)10-20-2/h4-8,11H,9-10H2,1-3H3,(H,17,19). The first kappa shape index (κ1) is 16.6. The number of aromatic nitrogens is 1. The number of nitrogens with zero attached hydrogens (tertiary/aromatic N) is 1. The fraction of sp³-hybridized carbons (Fsp3) is 0.375. The van der Waals surface area contributed by atoms with Crippen molar-refractivity contribution in [2.24, 2.45) is 0 Å². The van der Waals surface area contributed by atoms with Crippen molar-refractivity contribution in [3.8, 4) is 10.4 Å². The fourth-order valence-corrected chi connectivity index (χ4v) is 3.00. The van der Waals surface area contributed by atoms with Crippen LogP contribution in [0.4, 0.5) is 0 Å². The van der Waals surface area contributed by atoms with Gasteiger partial charge in [-0.05, 0) is 12.5 Å². The summed E-state index contributed by atoms with van der Waals surface area (Å²) < 4.78 is 10.2. The highest BCUT2D eigenvalue weighted by molar-refractivity contribution is 7.15. The molecule has 0 saturated heterocycles. The highest BCUT2D eigenvalue weighted by atomic mass is 32.1. The third-order valence-corrected chi connectivity index (χ3v) is 4.32. The molecule has 1 amide bonds. The van der Waals surface area contributed by atoms with Crippen molar-refractivity contribution >= 4 is 17.2 Å². The van der Waals surface area contributed by atoms with Gasteiger partial charge in [0.15, 0.2) is 0 Å². The maximum atomic E-state index is 11.8.